The van der Waals surface area contributed by atoms with E-state index in [4.69, 9.17) is 14.2 Å². The van der Waals surface area contributed by atoms with E-state index in [1.807, 2.05) is 31.2 Å². The molecule has 0 heterocycles. The minimum absolute atomic E-state index is 0.0926. The monoisotopic (exact) mass is 550 g/mol. The highest BCUT2D eigenvalue weighted by Gasteiger charge is 2.12. The third-order valence-corrected chi connectivity index (χ3v) is 6.92. The van der Waals surface area contributed by atoms with Gasteiger partial charge in [0.25, 0.3) is 0 Å². The lowest BCUT2D eigenvalue weighted by Crippen LogP contribution is -2.15. The normalized spacial score (nSPS) is 12.2. The maximum atomic E-state index is 12.6. The largest absolute Gasteiger partial charge is 0.494 e. The van der Waals surface area contributed by atoms with Gasteiger partial charge in [-0.15, -0.1) is 0 Å². The number of hydrogen-bond acceptors (Lipinski definition) is 5. The van der Waals surface area contributed by atoms with Crippen molar-refractivity contribution in [2.45, 2.75) is 117 Å². The van der Waals surface area contributed by atoms with Crippen molar-refractivity contribution in [2.24, 2.45) is 0 Å². The Morgan fingerprint density at radius 3 is 1.90 bits per heavy atom. The topological polar surface area (TPSA) is 61.8 Å². The first kappa shape index (κ1) is 33.1. The summed E-state index contributed by atoms with van der Waals surface area (Å²) in [6.45, 7) is 8.81. The fraction of sp³-hybridized carbons (Fsp3) is 0.543. The molecule has 0 fully saturated rings. The van der Waals surface area contributed by atoms with E-state index in [1.165, 1.54) is 64.2 Å². The van der Waals surface area contributed by atoms with E-state index in [0.29, 0.717) is 23.5 Å². The van der Waals surface area contributed by atoms with Crippen LogP contribution < -0.4 is 9.47 Å². The van der Waals surface area contributed by atoms with Crippen molar-refractivity contribution < 1.29 is 23.8 Å². The molecule has 0 amide bonds. The van der Waals surface area contributed by atoms with E-state index in [0.717, 1.165) is 30.6 Å². The van der Waals surface area contributed by atoms with E-state index in [1.54, 1.807) is 37.3 Å². The molecule has 0 unspecified atom stereocenters. The predicted molar refractivity (Wildman–Crippen MR) is 164 cm³/mol. The Balaban J connectivity index is 1.73. The quantitative estimate of drug-likeness (QED) is 0.0710. The Morgan fingerprint density at radius 2 is 1.27 bits per heavy atom. The number of esters is 2. The van der Waals surface area contributed by atoms with Crippen molar-refractivity contribution >= 4 is 18.0 Å². The van der Waals surface area contributed by atoms with Gasteiger partial charge in [-0.05, 0) is 81.1 Å². The zero-order valence-electron chi connectivity index (χ0n) is 25.2. The molecule has 0 saturated carbocycles. The molecule has 0 saturated heterocycles. The van der Waals surface area contributed by atoms with Crippen LogP contribution in [0.2, 0.25) is 0 Å². The Labute approximate surface area is 242 Å². The van der Waals surface area contributed by atoms with E-state index in [-0.39, 0.29) is 12.1 Å². The van der Waals surface area contributed by atoms with Gasteiger partial charge in [-0.2, -0.15) is 0 Å². The second kappa shape index (κ2) is 19.9. The number of benzene rings is 2. The first-order chi connectivity index (χ1) is 19.4. The van der Waals surface area contributed by atoms with Gasteiger partial charge in [0.05, 0.1) is 18.3 Å². The molecule has 40 heavy (non-hydrogen) atoms. The second-order valence-electron chi connectivity index (χ2n) is 10.7. The van der Waals surface area contributed by atoms with Crippen LogP contribution in [-0.2, 0) is 9.53 Å². The van der Waals surface area contributed by atoms with Crippen molar-refractivity contribution in [1.82, 2.24) is 0 Å². The first-order valence-electron chi connectivity index (χ1n) is 15.4. The smallest absolute Gasteiger partial charge is 0.343 e. The lowest BCUT2D eigenvalue weighted by atomic mass is 10.1. The lowest BCUT2D eigenvalue weighted by molar-refractivity contribution is -0.143. The van der Waals surface area contributed by atoms with Gasteiger partial charge < -0.3 is 14.2 Å². The Kier molecular flexibility index (Phi) is 16.5. The number of ether oxygens (including phenoxy) is 3. The summed E-state index contributed by atoms with van der Waals surface area (Å²) >= 11 is 0. The van der Waals surface area contributed by atoms with Gasteiger partial charge >= 0.3 is 11.9 Å². The molecule has 2 aromatic carbocycles. The fourth-order valence-corrected chi connectivity index (χ4v) is 4.41. The maximum Gasteiger partial charge on any atom is 0.343 e. The molecule has 0 aromatic heterocycles. The van der Waals surface area contributed by atoms with Crippen LogP contribution in [0, 0.1) is 0 Å². The molecule has 0 N–H and O–H groups in total. The molecular weight excluding hydrogens is 500 g/mol. The van der Waals surface area contributed by atoms with Gasteiger partial charge in [0.1, 0.15) is 11.5 Å². The summed E-state index contributed by atoms with van der Waals surface area (Å²) in [4.78, 5) is 25.0. The molecule has 0 spiro atoms. The van der Waals surface area contributed by atoms with Crippen LogP contribution in [0.5, 0.6) is 11.5 Å². The van der Waals surface area contributed by atoms with Gasteiger partial charge in [0.2, 0.25) is 0 Å². The van der Waals surface area contributed by atoms with Crippen molar-refractivity contribution in [3.05, 3.63) is 65.2 Å². The minimum atomic E-state index is -0.425. The highest BCUT2D eigenvalue weighted by atomic mass is 16.5. The standard InChI is InChI=1S/C35H50O5/c1-5-7-9-11-12-13-14-16-26-38-32-24-20-31(21-25-32)35(37)40-33-22-18-30(19-23-33)27-28(3)34(36)39-29(4)17-15-10-8-6-2/h18-25,27,29H,5-17,26H2,1-4H3/t29-/m1/s1. The van der Waals surface area contributed by atoms with Crippen LogP contribution in [0.4, 0.5) is 0 Å². The molecule has 5 nitrogen and oxygen atoms in total. The van der Waals surface area contributed by atoms with Crippen LogP contribution in [-0.4, -0.2) is 24.6 Å². The van der Waals surface area contributed by atoms with Crippen molar-refractivity contribution in [2.75, 3.05) is 6.61 Å². The zero-order chi connectivity index (χ0) is 29.0. The van der Waals surface area contributed by atoms with Gasteiger partial charge in [0, 0.05) is 5.57 Å². The summed E-state index contributed by atoms with van der Waals surface area (Å²) in [5.41, 5.74) is 1.84. The molecular formula is C35H50O5. The van der Waals surface area contributed by atoms with Gasteiger partial charge in [-0.1, -0.05) is 90.2 Å². The summed E-state index contributed by atoms with van der Waals surface area (Å²) in [6, 6.07) is 14.1. The van der Waals surface area contributed by atoms with Gasteiger partial charge in [-0.25, -0.2) is 9.59 Å². The molecule has 0 bridgehead atoms. The second-order valence-corrected chi connectivity index (χ2v) is 10.7. The van der Waals surface area contributed by atoms with Gasteiger partial charge in [-0.3, -0.25) is 0 Å². The van der Waals surface area contributed by atoms with Crippen molar-refractivity contribution in [1.29, 1.82) is 0 Å². The highest BCUT2D eigenvalue weighted by molar-refractivity contribution is 5.93. The third-order valence-electron chi connectivity index (χ3n) is 6.92. The maximum absolute atomic E-state index is 12.6. The average molecular weight is 551 g/mol. The number of carbonyl (C=O) groups is 2. The summed E-state index contributed by atoms with van der Waals surface area (Å²) in [5.74, 6) is 0.475. The molecule has 2 rings (SSSR count). The Bertz CT molecular complexity index is 1010. The molecule has 1 atom stereocenters. The number of carbonyl (C=O) groups excluding carboxylic acids is 2. The molecule has 0 aliphatic carbocycles. The first-order valence-corrected chi connectivity index (χ1v) is 15.4. The summed E-state index contributed by atoms with van der Waals surface area (Å²) in [6.07, 6.45) is 17.3. The van der Waals surface area contributed by atoms with Crippen LogP contribution in [0.1, 0.15) is 127 Å². The van der Waals surface area contributed by atoms with Crippen molar-refractivity contribution in [3.8, 4) is 11.5 Å². The summed E-state index contributed by atoms with van der Waals surface area (Å²) in [7, 11) is 0. The van der Waals surface area contributed by atoms with Crippen molar-refractivity contribution in [3.63, 3.8) is 0 Å². The Morgan fingerprint density at radius 1 is 0.725 bits per heavy atom. The van der Waals surface area contributed by atoms with Crippen LogP contribution in [0.3, 0.4) is 0 Å². The number of rotatable bonds is 20. The fourth-order valence-electron chi connectivity index (χ4n) is 4.41. The molecule has 0 aliphatic rings. The summed E-state index contributed by atoms with van der Waals surface area (Å²) in [5, 5.41) is 0. The highest BCUT2D eigenvalue weighted by Crippen LogP contribution is 2.19. The average Bonchev–Trinajstić information content (AvgIpc) is 2.95. The van der Waals surface area contributed by atoms with E-state index >= 15 is 0 Å². The van der Waals surface area contributed by atoms with E-state index < -0.39 is 5.97 Å². The van der Waals surface area contributed by atoms with Crippen LogP contribution >= 0.6 is 0 Å². The van der Waals surface area contributed by atoms with Crippen LogP contribution in [0.25, 0.3) is 6.08 Å². The van der Waals surface area contributed by atoms with Gasteiger partial charge in [0.15, 0.2) is 0 Å². The summed E-state index contributed by atoms with van der Waals surface area (Å²) < 4.78 is 16.9. The molecule has 220 valence electrons. The predicted octanol–water partition coefficient (Wildman–Crippen LogP) is 9.73. The lowest BCUT2D eigenvalue weighted by Gasteiger charge is -2.13. The van der Waals surface area contributed by atoms with Crippen LogP contribution in [0.15, 0.2) is 54.1 Å². The number of unbranched alkanes of at least 4 members (excludes halogenated alkanes) is 10. The zero-order valence-corrected chi connectivity index (χ0v) is 25.2. The number of hydrogen-bond donors (Lipinski definition) is 0. The third kappa shape index (κ3) is 13.8. The molecule has 5 heteroatoms. The SMILES string of the molecule is CCCCCCCCCCOc1ccc(C(=O)Oc2ccc(C=C(C)C(=O)O[C@H](C)CCCCCC)cc2)cc1. The molecule has 0 radical (unpaired) electrons. The minimum Gasteiger partial charge on any atom is -0.494 e. The molecule has 0 aliphatic heterocycles. The Hall–Kier alpha value is -3.08. The molecule has 2 aromatic rings. The van der Waals surface area contributed by atoms with E-state index in [9.17, 15) is 9.59 Å². The van der Waals surface area contributed by atoms with E-state index in [2.05, 4.69) is 13.8 Å².